The van der Waals surface area contributed by atoms with Crippen molar-refractivity contribution in [3.05, 3.63) is 18.0 Å². The summed E-state index contributed by atoms with van der Waals surface area (Å²) in [6.07, 6.45) is 6.37. The largest absolute Gasteiger partial charge is 0.480 e. The molecule has 0 saturated heterocycles. The Hall–Kier alpha value is -1.85. The molecule has 2 N–H and O–H groups in total. The van der Waals surface area contributed by atoms with E-state index >= 15 is 0 Å². The van der Waals surface area contributed by atoms with Gasteiger partial charge in [0.05, 0.1) is 6.04 Å². The highest BCUT2D eigenvalue weighted by Gasteiger charge is 2.26. The Labute approximate surface area is 124 Å². The first-order valence-electron chi connectivity index (χ1n) is 7.56. The molecule has 1 aliphatic rings. The van der Waals surface area contributed by atoms with E-state index in [9.17, 15) is 14.7 Å². The zero-order valence-corrected chi connectivity index (χ0v) is 12.6. The molecule has 0 bridgehead atoms. The minimum atomic E-state index is -0.996. The van der Waals surface area contributed by atoms with Crippen molar-refractivity contribution in [2.75, 3.05) is 0 Å². The number of carboxylic acid groups (broad SMARTS) is 1. The van der Waals surface area contributed by atoms with Gasteiger partial charge in [0.1, 0.15) is 11.7 Å². The molecule has 1 amide bonds. The van der Waals surface area contributed by atoms with Crippen LogP contribution in [0.2, 0.25) is 0 Å². The number of aromatic nitrogens is 2. The zero-order valence-electron chi connectivity index (χ0n) is 12.6. The van der Waals surface area contributed by atoms with E-state index in [2.05, 4.69) is 10.4 Å². The molecule has 2 rings (SSSR count). The summed E-state index contributed by atoms with van der Waals surface area (Å²) >= 11 is 0. The van der Waals surface area contributed by atoms with Gasteiger partial charge in [-0.1, -0.05) is 26.7 Å². The summed E-state index contributed by atoms with van der Waals surface area (Å²) in [6, 6.07) is 1.06. The highest BCUT2D eigenvalue weighted by molar-refractivity contribution is 5.95. The molecule has 116 valence electrons. The number of nitrogens with one attached hydrogen (secondary N) is 1. The Kier molecular flexibility index (Phi) is 4.98. The Morgan fingerprint density at radius 1 is 1.43 bits per heavy atom. The standard InChI is InChI=1S/C15H23N3O3/c1-10(2)9-12(15(20)21)17-14(19)13-7-8-16-18(13)11-5-3-4-6-11/h7-8,10-12H,3-6,9H2,1-2H3,(H,17,19)(H,20,21)/t12-/m1/s1. The Bertz CT molecular complexity index is 504. The molecule has 1 saturated carbocycles. The van der Waals surface area contributed by atoms with Gasteiger partial charge in [0.2, 0.25) is 0 Å². The number of rotatable bonds is 6. The maximum Gasteiger partial charge on any atom is 0.326 e. The van der Waals surface area contributed by atoms with E-state index in [1.807, 2.05) is 13.8 Å². The van der Waals surface area contributed by atoms with Crippen LogP contribution < -0.4 is 5.32 Å². The second-order valence-corrected chi connectivity index (χ2v) is 6.09. The van der Waals surface area contributed by atoms with E-state index in [-0.39, 0.29) is 17.9 Å². The van der Waals surface area contributed by atoms with Crippen molar-refractivity contribution in [1.29, 1.82) is 0 Å². The third kappa shape index (κ3) is 3.83. The first kappa shape index (κ1) is 15.5. The molecule has 0 aliphatic heterocycles. The van der Waals surface area contributed by atoms with Crippen LogP contribution in [0.15, 0.2) is 12.3 Å². The van der Waals surface area contributed by atoms with Gasteiger partial charge in [-0.2, -0.15) is 5.10 Å². The van der Waals surface area contributed by atoms with Gasteiger partial charge < -0.3 is 10.4 Å². The van der Waals surface area contributed by atoms with Crippen LogP contribution in [0, 0.1) is 5.92 Å². The van der Waals surface area contributed by atoms with Gasteiger partial charge >= 0.3 is 5.97 Å². The number of carbonyl (C=O) groups excluding carboxylic acids is 1. The predicted molar refractivity (Wildman–Crippen MR) is 78.1 cm³/mol. The summed E-state index contributed by atoms with van der Waals surface area (Å²) < 4.78 is 1.75. The van der Waals surface area contributed by atoms with Crippen molar-refractivity contribution < 1.29 is 14.7 Å². The topological polar surface area (TPSA) is 84.2 Å². The molecule has 1 aromatic rings. The molecule has 1 aromatic heterocycles. The lowest BCUT2D eigenvalue weighted by Gasteiger charge is -2.18. The van der Waals surface area contributed by atoms with Crippen LogP contribution in [0.25, 0.3) is 0 Å². The van der Waals surface area contributed by atoms with Gasteiger partial charge in [-0.25, -0.2) is 4.79 Å². The number of carbonyl (C=O) groups is 2. The molecular formula is C15H23N3O3. The second-order valence-electron chi connectivity index (χ2n) is 6.09. The quantitative estimate of drug-likeness (QED) is 0.842. The van der Waals surface area contributed by atoms with Crippen LogP contribution in [0.1, 0.15) is 62.5 Å². The average molecular weight is 293 g/mol. The van der Waals surface area contributed by atoms with Gasteiger partial charge in [0.15, 0.2) is 0 Å². The van der Waals surface area contributed by atoms with E-state index in [0.29, 0.717) is 12.1 Å². The Morgan fingerprint density at radius 2 is 2.10 bits per heavy atom. The van der Waals surface area contributed by atoms with Gasteiger partial charge in [-0.15, -0.1) is 0 Å². The average Bonchev–Trinajstić information content (AvgIpc) is 3.07. The number of hydrogen-bond donors (Lipinski definition) is 2. The van der Waals surface area contributed by atoms with Crippen LogP contribution in [-0.2, 0) is 4.79 Å². The summed E-state index contributed by atoms with van der Waals surface area (Å²) in [6.45, 7) is 3.87. The van der Waals surface area contributed by atoms with E-state index in [0.717, 1.165) is 25.7 Å². The molecule has 0 aromatic carbocycles. The van der Waals surface area contributed by atoms with Crippen molar-refractivity contribution in [3.63, 3.8) is 0 Å². The fraction of sp³-hybridized carbons (Fsp3) is 0.667. The van der Waals surface area contributed by atoms with Crippen LogP contribution >= 0.6 is 0 Å². The van der Waals surface area contributed by atoms with Crippen LogP contribution in [0.4, 0.5) is 0 Å². The Balaban J connectivity index is 2.09. The third-order valence-electron chi connectivity index (χ3n) is 3.88. The molecule has 0 unspecified atom stereocenters. The highest BCUT2D eigenvalue weighted by Crippen LogP contribution is 2.29. The maximum atomic E-state index is 12.3. The predicted octanol–water partition coefficient (Wildman–Crippen LogP) is 2.23. The van der Waals surface area contributed by atoms with Crippen molar-refractivity contribution in [1.82, 2.24) is 15.1 Å². The van der Waals surface area contributed by atoms with Gasteiger partial charge in [-0.3, -0.25) is 9.48 Å². The van der Waals surface area contributed by atoms with Crippen molar-refractivity contribution in [2.45, 2.75) is 58.0 Å². The fourth-order valence-electron chi connectivity index (χ4n) is 2.86. The summed E-state index contributed by atoms with van der Waals surface area (Å²) in [5.74, 6) is -1.15. The van der Waals surface area contributed by atoms with Crippen molar-refractivity contribution >= 4 is 11.9 Å². The molecule has 6 heteroatoms. The summed E-state index contributed by atoms with van der Waals surface area (Å²) in [4.78, 5) is 23.6. The van der Waals surface area contributed by atoms with Gasteiger partial charge in [0.25, 0.3) is 5.91 Å². The van der Waals surface area contributed by atoms with Crippen molar-refractivity contribution in [2.24, 2.45) is 5.92 Å². The first-order valence-corrected chi connectivity index (χ1v) is 7.56. The molecule has 6 nitrogen and oxygen atoms in total. The third-order valence-corrected chi connectivity index (χ3v) is 3.88. The number of hydrogen-bond acceptors (Lipinski definition) is 3. The minimum Gasteiger partial charge on any atom is -0.480 e. The summed E-state index contributed by atoms with van der Waals surface area (Å²) in [5.41, 5.74) is 0.455. The lowest BCUT2D eigenvalue weighted by atomic mass is 10.0. The molecule has 1 fully saturated rings. The summed E-state index contributed by atoms with van der Waals surface area (Å²) in [5, 5.41) is 16.1. The summed E-state index contributed by atoms with van der Waals surface area (Å²) in [7, 11) is 0. The van der Waals surface area contributed by atoms with Crippen LogP contribution in [0.5, 0.6) is 0 Å². The number of amides is 1. The highest BCUT2D eigenvalue weighted by atomic mass is 16.4. The number of nitrogens with zero attached hydrogens (tertiary/aromatic N) is 2. The number of aliphatic carboxylic acids is 1. The maximum absolute atomic E-state index is 12.3. The molecule has 0 spiro atoms. The lowest BCUT2D eigenvalue weighted by Crippen LogP contribution is -2.42. The van der Waals surface area contributed by atoms with E-state index in [1.54, 1.807) is 16.9 Å². The van der Waals surface area contributed by atoms with E-state index in [4.69, 9.17) is 0 Å². The smallest absolute Gasteiger partial charge is 0.326 e. The van der Waals surface area contributed by atoms with Crippen LogP contribution in [-0.4, -0.2) is 32.8 Å². The lowest BCUT2D eigenvalue weighted by molar-refractivity contribution is -0.139. The van der Waals surface area contributed by atoms with Gasteiger partial charge in [-0.05, 0) is 31.2 Å². The molecule has 1 atom stereocenters. The van der Waals surface area contributed by atoms with Crippen LogP contribution in [0.3, 0.4) is 0 Å². The SMILES string of the molecule is CC(C)C[C@@H](NC(=O)c1ccnn1C1CCCC1)C(=O)O. The minimum absolute atomic E-state index is 0.200. The molecule has 0 radical (unpaired) electrons. The first-order chi connectivity index (χ1) is 9.99. The molecular weight excluding hydrogens is 270 g/mol. The molecule has 1 heterocycles. The monoisotopic (exact) mass is 293 g/mol. The van der Waals surface area contributed by atoms with Crippen molar-refractivity contribution in [3.8, 4) is 0 Å². The Morgan fingerprint density at radius 3 is 2.67 bits per heavy atom. The normalized spacial score (nSPS) is 17.1. The van der Waals surface area contributed by atoms with E-state index < -0.39 is 12.0 Å². The zero-order chi connectivity index (χ0) is 15.4. The molecule has 1 aliphatic carbocycles. The molecule has 21 heavy (non-hydrogen) atoms. The second kappa shape index (κ2) is 6.74. The van der Waals surface area contributed by atoms with E-state index in [1.165, 1.54) is 0 Å². The number of carboxylic acids is 1. The fourth-order valence-corrected chi connectivity index (χ4v) is 2.86. The van der Waals surface area contributed by atoms with Gasteiger partial charge in [0, 0.05) is 6.20 Å².